The first-order valence-corrected chi connectivity index (χ1v) is 6.77. The summed E-state index contributed by atoms with van der Waals surface area (Å²) in [6, 6.07) is 8.26. The van der Waals surface area contributed by atoms with Gasteiger partial charge in [-0.25, -0.2) is 0 Å². The molecule has 1 fully saturated rings. The van der Waals surface area contributed by atoms with Crippen LogP contribution in [0.4, 0.5) is 0 Å². The lowest BCUT2D eigenvalue weighted by atomic mass is 10.0. The van der Waals surface area contributed by atoms with Gasteiger partial charge < -0.3 is 11.1 Å². The third-order valence-electron chi connectivity index (χ3n) is 3.90. The van der Waals surface area contributed by atoms with Gasteiger partial charge in [-0.15, -0.1) is 0 Å². The van der Waals surface area contributed by atoms with E-state index in [0.717, 1.165) is 17.5 Å². The zero-order chi connectivity index (χ0) is 13.0. The van der Waals surface area contributed by atoms with E-state index in [1.54, 1.807) is 0 Å². The van der Waals surface area contributed by atoms with Crippen molar-refractivity contribution < 1.29 is 4.79 Å². The van der Waals surface area contributed by atoms with Crippen molar-refractivity contribution in [2.45, 2.75) is 45.2 Å². The smallest absolute Gasteiger partial charge is 0.224 e. The highest BCUT2D eigenvalue weighted by molar-refractivity contribution is 5.79. The second-order valence-corrected chi connectivity index (χ2v) is 5.23. The molecule has 0 spiro atoms. The molecule has 1 aliphatic rings. The molecule has 0 radical (unpaired) electrons. The van der Waals surface area contributed by atoms with Crippen LogP contribution in [-0.2, 0) is 17.8 Å². The Morgan fingerprint density at radius 2 is 2.06 bits per heavy atom. The maximum absolute atomic E-state index is 12.0. The van der Waals surface area contributed by atoms with E-state index in [4.69, 9.17) is 5.73 Å². The fraction of sp³-hybridized carbons (Fsp3) is 0.533. The van der Waals surface area contributed by atoms with Crippen molar-refractivity contribution in [1.29, 1.82) is 0 Å². The minimum absolute atomic E-state index is 0.120. The van der Waals surface area contributed by atoms with Gasteiger partial charge >= 0.3 is 0 Å². The molecule has 3 heteroatoms. The van der Waals surface area contributed by atoms with Gasteiger partial charge in [-0.3, -0.25) is 4.79 Å². The van der Waals surface area contributed by atoms with Gasteiger partial charge in [0.25, 0.3) is 0 Å². The van der Waals surface area contributed by atoms with E-state index in [0.29, 0.717) is 24.9 Å². The number of hydrogen-bond acceptors (Lipinski definition) is 2. The quantitative estimate of drug-likeness (QED) is 0.853. The Morgan fingerprint density at radius 3 is 2.67 bits per heavy atom. The summed E-state index contributed by atoms with van der Waals surface area (Å²) in [5, 5.41) is 3.15. The lowest BCUT2D eigenvalue weighted by molar-refractivity contribution is -0.121. The van der Waals surface area contributed by atoms with E-state index in [1.807, 2.05) is 24.3 Å². The standard InChI is InChI=1S/C15H22N2O/c1-11-5-4-8-14(11)17-15(18)9-12-6-2-3-7-13(12)10-16/h2-3,6-7,11,14H,4-5,8-10,16H2,1H3,(H,17,18). The van der Waals surface area contributed by atoms with Crippen molar-refractivity contribution in [1.82, 2.24) is 5.32 Å². The summed E-state index contributed by atoms with van der Waals surface area (Å²) in [6.07, 6.45) is 4.01. The summed E-state index contributed by atoms with van der Waals surface area (Å²) in [7, 11) is 0. The van der Waals surface area contributed by atoms with Crippen molar-refractivity contribution in [3.8, 4) is 0 Å². The molecular formula is C15H22N2O. The molecule has 3 nitrogen and oxygen atoms in total. The summed E-state index contributed by atoms with van der Waals surface area (Å²) >= 11 is 0. The Bertz CT molecular complexity index is 417. The minimum atomic E-state index is 0.120. The molecule has 1 saturated carbocycles. The predicted octanol–water partition coefficient (Wildman–Crippen LogP) is 1.99. The van der Waals surface area contributed by atoms with E-state index in [-0.39, 0.29) is 5.91 Å². The van der Waals surface area contributed by atoms with Crippen molar-refractivity contribution >= 4 is 5.91 Å². The molecule has 0 aliphatic heterocycles. The van der Waals surface area contributed by atoms with Crippen LogP contribution in [0.5, 0.6) is 0 Å². The maximum atomic E-state index is 12.0. The number of rotatable bonds is 4. The molecule has 98 valence electrons. The number of nitrogens with one attached hydrogen (secondary N) is 1. The molecule has 2 unspecified atom stereocenters. The molecular weight excluding hydrogens is 224 g/mol. The molecule has 3 N–H and O–H groups in total. The van der Waals surface area contributed by atoms with Gasteiger partial charge in [-0.05, 0) is 29.9 Å². The fourth-order valence-corrected chi connectivity index (χ4v) is 2.72. The molecule has 1 amide bonds. The topological polar surface area (TPSA) is 55.1 Å². The average Bonchev–Trinajstić information content (AvgIpc) is 2.75. The molecule has 0 aromatic heterocycles. The third-order valence-corrected chi connectivity index (χ3v) is 3.90. The molecule has 2 atom stereocenters. The monoisotopic (exact) mass is 246 g/mol. The van der Waals surface area contributed by atoms with Gasteiger partial charge in [0.15, 0.2) is 0 Å². The number of hydrogen-bond donors (Lipinski definition) is 2. The van der Waals surface area contributed by atoms with E-state index in [9.17, 15) is 4.79 Å². The summed E-state index contributed by atoms with van der Waals surface area (Å²) in [5.74, 6) is 0.730. The largest absolute Gasteiger partial charge is 0.353 e. The highest BCUT2D eigenvalue weighted by atomic mass is 16.1. The summed E-state index contributed by atoms with van der Waals surface area (Å²) in [5.41, 5.74) is 7.79. The summed E-state index contributed by atoms with van der Waals surface area (Å²) in [4.78, 5) is 12.0. The number of amides is 1. The molecule has 18 heavy (non-hydrogen) atoms. The van der Waals surface area contributed by atoms with Crippen molar-refractivity contribution in [2.24, 2.45) is 11.7 Å². The Balaban J connectivity index is 1.94. The first-order valence-electron chi connectivity index (χ1n) is 6.77. The van der Waals surface area contributed by atoms with Crippen LogP contribution in [0.3, 0.4) is 0 Å². The Kier molecular flexibility index (Phi) is 4.37. The van der Waals surface area contributed by atoms with Crippen LogP contribution in [0.1, 0.15) is 37.3 Å². The Hall–Kier alpha value is -1.35. The highest BCUT2D eigenvalue weighted by Gasteiger charge is 2.24. The Labute approximate surface area is 109 Å². The predicted molar refractivity (Wildman–Crippen MR) is 73.0 cm³/mol. The fourth-order valence-electron chi connectivity index (χ4n) is 2.72. The van der Waals surface area contributed by atoms with Crippen LogP contribution in [0, 0.1) is 5.92 Å². The van der Waals surface area contributed by atoms with Crippen LogP contribution >= 0.6 is 0 Å². The van der Waals surface area contributed by atoms with Crippen LogP contribution in [0.2, 0.25) is 0 Å². The molecule has 0 heterocycles. The van der Waals surface area contributed by atoms with Crippen LogP contribution < -0.4 is 11.1 Å². The third kappa shape index (κ3) is 3.10. The molecule has 0 bridgehead atoms. The second-order valence-electron chi connectivity index (χ2n) is 5.23. The van der Waals surface area contributed by atoms with E-state index < -0.39 is 0 Å². The van der Waals surface area contributed by atoms with Gasteiger partial charge in [-0.2, -0.15) is 0 Å². The number of benzene rings is 1. The first kappa shape index (κ1) is 13.1. The second kappa shape index (κ2) is 6.01. The van der Waals surface area contributed by atoms with Gasteiger partial charge in [0.05, 0.1) is 6.42 Å². The summed E-state index contributed by atoms with van der Waals surface area (Å²) in [6.45, 7) is 2.70. The lowest BCUT2D eigenvalue weighted by Crippen LogP contribution is -2.37. The molecule has 1 aliphatic carbocycles. The average molecular weight is 246 g/mol. The van der Waals surface area contributed by atoms with E-state index >= 15 is 0 Å². The maximum Gasteiger partial charge on any atom is 0.224 e. The van der Waals surface area contributed by atoms with Gasteiger partial charge in [-0.1, -0.05) is 37.6 Å². The summed E-state index contributed by atoms with van der Waals surface area (Å²) < 4.78 is 0. The lowest BCUT2D eigenvalue weighted by Gasteiger charge is -2.17. The normalized spacial score (nSPS) is 23.0. The Morgan fingerprint density at radius 1 is 1.33 bits per heavy atom. The number of carbonyl (C=O) groups excluding carboxylic acids is 1. The zero-order valence-electron chi connectivity index (χ0n) is 11.0. The van der Waals surface area contributed by atoms with Crippen LogP contribution in [0.15, 0.2) is 24.3 Å². The van der Waals surface area contributed by atoms with Crippen LogP contribution in [-0.4, -0.2) is 11.9 Å². The van der Waals surface area contributed by atoms with Gasteiger partial charge in [0.1, 0.15) is 0 Å². The molecule has 2 rings (SSSR count). The SMILES string of the molecule is CC1CCCC1NC(=O)Cc1ccccc1CN. The molecule has 1 aromatic carbocycles. The molecule has 0 saturated heterocycles. The van der Waals surface area contributed by atoms with Crippen molar-refractivity contribution in [3.63, 3.8) is 0 Å². The minimum Gasteiger partial charge on any atom is -0.353 e. The highest BCUT2D eigenvalue weighted by Crippen LogP contribution is 2.24. The van der Waals surface area contributed by atoms with Gasteiger partial charge in [0, 0.05) is 12.6 Å². The molecule has 1 aromatic rings. The number of nitrogens with two attached hydrogens (primary N) is 1. The van der Waals surface area contributed by atoms with Gasteiger partial charge in [0.2, 0.25) is 5.91 Å². The number of carbonyl (C=O) groups is 1. The van der Waals surface area contributed by atoms with Crippen molar-refractivity contribution in [3.05, 3.63) is 35.4 Å². The van der Waals surface area contributed by atoms with Crippen molar-refractivity contribution in [2.75, 3.05) is 0 Å². The van der Waals surface area contributed by atoms with E-state index in [2.05, 4.69) is 12.2 Å². The van der Waals surface area contributed by atoms with E-state index in [1.165, 1.54) is 12.8 Å². The zero-order valence-corrected chi connectivity index (χ0v) is 11.0. The van der Waals surface area contributed by atoms with Crippen LogP contribution in [0.25, 0.3) is 0 Å². The first-order chi connectivity index (χ1) is 8.70.